The summed E-state index contributed by atoms with van der Waals surface area (Å²) < 4.78 is 12.7. The van der Waals surface area contributed by atoms with Gasteiger partial charge in [0.05, 0.1) is 0 Å². The van der Waals surface area contributed by atoms with Crippen LogP contribution in [0.4, 0.5) is 4.39 Å². The molecule has 0 aliphatic heterocycles. The summed E-state index contributed by atoms with van der Waals surface area (Å²) in [6, 6.07) is 0. The lowest BCUT2D eigenvalue weighted by atomic mass is 10.1. The van der Waals surface area contributed by atoms with Crippen LogP contribution < -0.4 is 0 Å². The summed E-state index contributed by atoms with van der Waals surface area (Å²) in [7, 11) is 0. The molecule has 2 heteroatoms. The summed E-state index contributed by atoms with van der Waals surface area (Å²) in [5.41, 5.74) is -1.02. The van der Waals surface area contributed by atoms with Crippen molar-refractivity contribution in [3.63, 3.8) is 0 Å². The molecule has 47 valence electrons. The van der Waals surface area contributed by atoms with Gasteiger partial charge in [0, 0.05) is 5.38 Å². The molecular weight excluding hydrogens is 127 g/mol. The van der Waals surface area contributed by atoms with Crippen molar-refractivity contribution in [3.05, 3.63) is 6.42 Å². The third-order valence-electron chi connectivity index (χ3n) is 1.42. The average molecular weight is 136 g/mol. The smallest absolute Gasteiger partial charge is 0.110 e. The van der Waals surface area contributed by atoms with Crippen molar-refractivity contribution in [1.29, 1.82) is 0 Å². The molecule has 0 aromatic heterocycles. The van der Waals surface area contributed by atoms with E-state index in [0.29, 0.717) is 12.8 Å². The van der Waals surface area contributed by atoms with Crippen LogP contribution in [0.15, 0.2) is 0 Å². The molecule has 1 radical (unpaired) electrons. The molecule has 0 N–H and O–H groups in total. The molecule has 8 heavy (non-hydrogen) atoms. The fraction of sp³-hybridized carbons (Fsp3) is 0.833. The SMILES string of the molecule is CC1(F)C[CH]C(Cl)C1. The number of rotatable bonds is 0. The van der Waals surface area contributed by atoms with E-state index >= 15 is 0 Å². The minimum Gasteiger partial charge on any atom is -0.244 e. The zero-order chi connectivity index (χ0) is 6.20. The second-order valence-corrected chi connectivity index (χ2v) is 3.13. The third kappa shape index (κ3) is 1.35. The van der Waals surface area contributed by atoms with Crippen LogP contribution in [0.2, 0.25) is 0 Å². The molecule has 1 aliphatic carbocycles. The van der Waals surface area contributed by atoms with Gasteiger partial charge >= 0.3 is 0 Å². The standard InChI is InChI=1S/C6H9ClF/c1-6(8)3-2-5(7)4-6/h2,5H,3-4H2,1H3. The van der Waals surface area contributed by atoms with Crippen molar-refractivity contribution in [2.75, 3.05) is 0 Å². The Morgan fingerprint density at radius 1 is 1.88 bits per heavy atom. The number of hydrogen-bond acceptors (Lipinski definition) is 0. The average Bonchev–Trinajstić information content (AvgIpc) is 1.82. The molecule has 2 unspecified atom stereocenters. The van der Waals surface area contributed by atoms with Gasteiger partial charge in [0.15, 0.2) is 0 Å². The molecule has 0 spiro atoms. The van der Waals surface area contributed by atoms with E-state index in [1.54, 1.807) is 6.92 Å². The first-order chi connectivity index (χ1) is 3.60. The van der Waals surface area contributed by atoms with E-state index < -0.39 is 5.67 Å². The van der Waals surface area contributed by atoms with Crippen LogP contribution in [0.1, 0.15) is 19.8 Å². The maximum atomic E-state index is 12.7. The van der Waals surface area contributed by atoms with Gasteiger partial charge < -0.3 is 0 Å². The highest BCUT2D eigenvalue weighted by Crippen LogP contribution is 2.34. The van der Waals surface area contributed by atoms with Gasteiger partial charge in [-0.25, -0.2) is 4.39 Å². The fourth-order valence-electron chi connectivity index (χ4n) is 0.947. The largest absolute Gasteiger partial charge is 0.244 e. The number of hydrogen-bond donors (Lipinski definition) is 0. The highest BCUT2D eigenvalue weighted by molar-refractivity contribution is 6.21. The quantitative estimate of drug-likeness (QED) is 0.447. The summed E-state index contributed by atoms with van der Waals surface area (Å²) in [4.78, 5) is 0. The highest BCUT2D eigenvalue weighted by atomic mass is 35.5. The van der Waals surface area contributed by atoms with E-state index in [9.17, 15) is 4.39 Å². The third-order valence-corrected chi connectivity index (χ3v) is 1.75. The highest BCUT2D eigenvalue weighted by Gasteiger charge is 2.33. The molecular formula is C6H9ClF. The lowest BCUT2D eigenvalue weighted by Crippen LogP contribution is -2.11. The van der Waals surface area contributed by atoms with Gasteiger partial charge in [-0.3, -0.25) is 0 Å². The summed E-state index contributed by atoms with van der Waals surface area (Å²) in [5, 5.41) is -0.0370. The van der Waals surface area contributed by atoms with E-state index in [1.807, 2.05) is 6.42 Å². The van der Waals surface area contributed by atoms with Crippen molar-refractivity contribution in [2.24, 2.45) is 0 Å². The van der Waals surface area contributed by atoms with Crippen molar-refractivity contribution < 1.29 is 4.39 Å². The summed E-state index contributed by atoms with van der Waals surface area (Å²) in [6.07, 6.45) is 2.82. The zero-order valence-corrected chi connectivity index (χ0v) is 5.58. The Bertz CT molecular complexity index is 90.5. The Morgan fingerprint density at radius 2 is 2.50 bits per heavy atom. The Labute approximate surface area is 54.0 Å². The maximum Gasteiger partial charge on any atom is 0.110 e. The first-order valence-corrected chi connectivity index (χ1v) is 3.20. The van der Waals surface area contributed by atoms with Crippen molar-refractivity contribution >= 4 is 11.6 Å². The number of alkyl halides is 2. The van der Waals surface area contributed by atoms with E-state index in [-0.39, 0.29) is 5.38 Å². The van der Waals surface area contributed by atoms with Crippen molar-refractivity contribution in [3.8, 4) is 0 Å². The fourth-order valence-corrected chi connectivity index (χ4v) is 1.36. The van der Waals surface area contributed by atoms with E-state index in [4.69, 9.17) is 11.6 Å². The Kier molecular flexibility index (Phi) is 1.48. The van der Waals surface area contributed by atoms with Crippen molar-refractivity contribution in [2.45, 2.75) is 30.8 Å². The second kappa shape index (κ2) is 1.87. The molecule has 1 aliphatic rings. The van der Waals surface area contributed by atoms with Crippen LogP contribution in [-0.4, -0.2) is 11.0 Å². The van der Waals surface area contributed by atoms with Gasteiger partial charge in [-0.2, -0.15) is 0 Å². The molecule has 1 rings (SSSR count). The van der Waals surface area contributed by atoms with E-state index in [0.717, 1.165) is 0 Å². The predicted molar refractivity (Wildman–Crippen MR) is 32.7 cm³/mol. The molecule has 0 heterocycles. The Morgan fingerprint density at radius 3 is 2.62 bits per heavy atom. The van der Waals surface area contributed by atoms with Crippen LogP contribution >= 0.6 is 11.6 Å². The lowest BCUT2D eigenvalue weighted by Gasteiger charge is -2.09. The van der Waals surface area contributed by atoms with E-state index in [2.05, 4.69) is 0 Å². The van der Waals surface area contributed by atoms with Crippen LogP contribution in [0.3, 0.4) is 0 Å². The van der Waals surface area contributed by atoms with Gasteiger partial charge in [-0.1, -0.05) is 0 Å². The summed E-state index contributed by atoms with van der Waals surface area (Å²) in [6.45, 7) is 1.59. The minimum atomic E-state index is -1.02. The molecule has 0 saturated heterocycles. The molecule has 0 amide bonds. The van der Waals surface area contributed by atoms with Gasteiger partial charge in [0.2, 0.25) is 0 Å². The van der Waals surface area contributed by atoms with E-state index in [1.165, 1.54) is 0 Å². The predicted octanol–water partition coefficient (Wildman–Crippen LogP) is 2.32. The number of halogens is 2. The monoisotopic (exact) mass is 135 g/mol. The van der Waals surface area contributed by atoms with Crippen LogP contribution in [0, 0.1) is 6.42 Å². The molecule has 1 saturated carbocycles. The molecule has 0 bridgehead atoms. The van der Waals surface area contributed by atoms with Crippen LogP contribution in [-0.2, 0) is 0 Å². The molecule has 1 fully saturated rings. The second-order valence-electron chi connectivity index (χ2n) is 2.57. The zero-order valence-electron chi connectivity index (χ0n) is 4.82. The molecule has 0 aromatic rings. The lowest BCUT2D eigenvalue weighted by molar-refractivity contribution is 0.204. The Hall–Kier alpha value is 0.220. The molecule has 0 nitrogen and oxygen atoms in total. The first kappa shape index (κ1) is 6.34. The normalized spacial score (nSPS) is 47.6. The Balaban J connectivity index is 2.44. The maximum absolute atomic E-state index is 12.7. The van der Waals surface area contributed by atoms with Gasteiger partial charge in [-0.05, 0) is 26.2 Å². The molecule has 0 aromatic carbocycles. The van der Waals surface area contributed by atoms with Crippen molar-refractivity contribution in [1.82, 2.24) is 0 Å². The van der Waals surface area contributed by atoms with Crippen LogP contribution in [0.5, 0.6) is 0 Å². The first-order valence-electron chi connectivity index (χ1n) is 2.76. The van der Waals surface area contributed by atoms with Crippen LogP contribution in [0.25, 0.3) is 0 Å². The topological polar surface area (TPSA) is 0 Å². The minimum absolute atomic E-state index is 0.0370. The van der Waals surface area contributed by atoms with Gasteiger partial charge in [-0.15, -0.1) is 11.6 Å². The van der Waals surface area contributed by atoms with Gasteiger partial charge in [0.1, 0.15) is 5.67 Å². The van der Waals surface area contributed by atoms with Gasteiger partial charge in [0.25, 0.3) is 0 Å². The summed E-state index contributed by atoms with van der Waals surface area (Å²) >= 11 is 5.60. The summed E-state index contributed by atoms with van der Waals surface area (Å²) in [5.74, 6) is 0. The molecule has 2 atom stereocenters.